The van der Waals surface area contributed by atoms with Crippen LogP contribution in [0.4, 0.5) is 0 Å². The van der Waals surface area contributed by atoms with Crippen molar-refractivity contribution in [1.29, 1.82) is 0 Å². The van der Waals surface area contributed by atoms with E-state index < -0.39 is 10.0 Å². The van der Waals surface area contributed by atoms with E-state index in [0.29, 0.717) is 25.6 Å². The van der Waals surface area contributed by atoms with Gasteiger partial charge in [-0.15, -0.1) is 0 Å². The average molecular weight is 342 g/mol. The second-order valence-corrected chi connectivity index (χ2v) is 9.01. The lowest BCUT2D eigenvalue weighted by Crippen LogP contribution is -2.47. The van der Waals surface area contributed by atoms with Crippen LogP contribution in [0, 0.1) is 5.92 Å². The second kappa shape index (κ2) is 6.51. The van der Waals surface area contributed by atoms with Gasteiger partial charge in [0.25, 0.3) is 0 Å². The Morgan fingerprint density at radius 2 is 2.17 bits per heavy atom. The lowest BCUT2D eigenvalue weighted by molar-refractivity contribution is 0.0454. The predicted molar refractivity (Wildman–Crippen MR) is 87.3 cm³/mol. The zero-order chi connectivity index (χ0) is 16.6. The lowest BCUT2D eigenvalue weighted by Gasteiger charge is -2.29. The molecule has 0 bridgehead atoms. The molecule has 2 atom stereocenters. The molecule has 0 aliphatic carbocycles. The molecule has 2 fully saturated rings. The van der Waals surface area contributed by atoms with E-state index in [-0.39, 0.29) is 17.9 Å². The summed E-state index contributed by atoms with van der Waals surface area (Å²) in [6.45, 7) is 7.22. The van der Waals surface area contributed by atoms with E-state index in [0.717, 1.165) is 18.7 Å². The van der Waals surface area contributed by atoms with Crippen LogP contribution in [0.15, 0.2) is 12.4 Å². The SMILES string of the molecule is CC(C)CN1[C@@H]2CN(Cc3cnn(C)c3)C[C@@H]2OCCS1(=O)=O. The Labute approximate surface area is 138 Å². The van der Waals surface area contributed by atoms with Crippen molar-refractivity contribution in [3.8, 4) is 0 Å². The minimum atomic E-state index is -3.24. The molecule has 130 valence electrons. The van der Waals surface area contributed by atoms with Gasteiger partial charge in [-0.25, -0.2) is 8.42 Å². The fraction of sp³-hybridized carbons (Fsp3) is 0.800. The maximum atomic E-state index is 12.6. The predicted octanol–water partition coefficient (Wildman–Crippen LogP) is 0.291. The van der Waals surface area contributed by atoms with Gasteiger partial charge in [-0.1, -0.05) is 13.8 Å². The van der Waals surface area contributed by atoms with Crippen molar-refractivity contribution < 1.29 is 13.2 Å². The van der Waals surface area contributed by atoms with Crippen LogP contribution in [0.25, 0.3) is 0 Å². The molecule has 2 aliphatic rings. The molecule has 3 heterocycles. The first-order chi connectivity index (χ1) is 10.8. The summed E-state index contributed by atoms with van der Waals surface area (Å²) in [5.74, 6) is 0.394. The highest BCUT2D eigenvalue weighted by Crippen LogP contribution is 2.27. The third-order valence-corrected chi connectivity index (χ3v) is 6.24. The smallest absolute Gasteiger partial charge is 0.216 e. The molecule has 0 radical (unpaired) electrons. The molecule has 0 N–H and O–H groups in total. The summed E-state index contributed by atoms with van der Waals surface area (Å²) < 4.78 is 34.5. The number of aromatic nitrogens is 2. The Morgan fingerprint density at radius 1 is 1.39 bits per heavy atom. The quantitative estimate of drug-likeness (QED) is 0.787. The molecule has 7 nitrogen and oxygen atoms in total. The number of hydrogen-bond acceptors (Lipinski definition) is 5. The topological polar surface area (TPSA) is 67.7 Å². The monoisotopic (exact) mass is 342 g/mol. The number of hydrogen-bond donors (Lipinski definition) is 0. The van der Waals surface area contributed by atoms with Gasteiger partial charge in [0, 0.05) is 45.0 Å². The van der Waals surface area contributed by atoms with Crippen LogP contribution in [0.1, 0.15) is 19.4 Å². The Bertz CT molecular complexity index is 643. The van der Waals surface area contributed by atoms with Crippen molar-refractivity contribution in [2.45, 2.75) is 32.5 Å². The van der Waals surface area contributed by atoms with Crippen molar-refractivity contribution in [2.75, 3.05) is 32.0 Å². The minimum Gasteiger partial charge on any atom is -0.374 e. The van der Waals surface area contributed by atoms with Crippen LogP contribution in [-0.2, 0) is 28.4 Å². The zero-order valence-corrected chi connectivity index (χ0v) is 14.9. The van der Waals surface area contributed by atoms with Gasteiger partial charge in [0.15, 0.2) is 0 Å². The number of nitrogens with zero attached hydrogens (tertiary/aromatic N) is 4. The third kappa shape index (κ3) is 3.76. The first-order valence-corrected chi connectivity index (χ1v) is 9.77. The summed E-state index contributed by atoms with van der Waals surface area (Å²) in [5, 5.41) is 4.19. The summed E-state index contributed by atoms with van der Waals surface area (Å²) in [4.78, 5) is 2.26. The molecule has 3 rings (SSSR count). The maximum Gasteiger partial charge on any atom is 0.216 e. The normalized spacial score (nSPS) is 28.9. The molecule has 0 saturated carbocycles. The fourth-order valence-corrected chi connectivity index (χ4v) is 5.13. The van der Waals surface area contributed by atoms with E-state index in [4.69, 9.17) is 4.74 Å². The summed E-state index contributed by atoms with van der Waals surface area (Å²) in [5.41, 5.74) is 1.14. The molecule has 0 unspecified atom stereocenters. The van der Waals surface area contributed by atoms with Gasteiger partial charge in [-0.05, 0) is 5.92 Å². The Balaban J connectivity index is 1.76. The van der Waals surface area contributed by atoms with Crippen LogP contribution in [0.5, 0.6) is 0 Å². The summed E-state index contributed by atoms with van der Waals surface area (Å²) in [6, 6.07) is -0.0819. The first kappa shape index (κ1) is 16.9. The molecular formula is C15H26N4O3S. The minimum absolute atomic E-state index is 0.0392. The standard InChI is InChI=1S/C15H26N4O3S/c1-12(2)7-19-14-10-18(9-13-6-16-17(3)8-13)11-15(14)22-4-5-23(19,20)21/h6,8,12,14-15H,4-5,7,9-11H2,1-3H3/t14-,15+/m1/s1. The van der Waals surface area contributed by atoms with Crippen molar-refractivity contribution >= 4 is 10.0 Å². The van der Waals surface area contributed by atoms with Crippen LogP contribution in [0.3, 0.4) is 0 Å². The van der Waals surface area contributed by atoms with E-state index in [1.807, 2.05) is 19.4 Å². The van der Waals surface area contributed by atoms with Crippen molar-refractivity contribution in [2.24, 2.45) is 13.0 Å². The highest BCUT2D eigenvalue weighted by atomic mass is 32.2. The lowest BCUT2D eigenvalue weighted by atomic mass is 10.1. The van der Waals surface area contributed by atoms with Crippen LogP contribution < -0.4 is 0 Å². The van der Waals surface area contributed by atoms with Gasteiger partial charge in [0.05, 0.1) is 30.7 Å². The van der Waals surface area contributed by atoms with Crippen LogP contribution in [0.2, 0.25) is 0 Å². The number of ether oxygens (including phenoxy) is 1. The number of fused-ring (bicyclic) bond motifs is 1. The highest BCUT2D eigenvalue weighted by Gasteiger charge is 2.44. The van der Waals surface area contributed by atoms with E-state index in [1.165, 1.54) is 0 Å². The van der Waals surface area contributed by atoms with Crippen LogP contribution in [-0.4, -0.2) is 71.5 Å². The fourth-order valence-electron chi connectivity index (χ4n) is 3.45. The number of sulfonamides is 1. The molecule has 0 aromatic carbocycles. The van der Waals surface area contributed by atoms with E-state index in [2.05, 4.69) is 23.8 Å². The van der Waals surface area contributed by atoms with Gasteiger partial charge < -0.3 is 4.74 Å². The molecule has 1 aromatic heterocycles. The molecule has 2 aliphatic heterocycles. The third-order valence-electron chi connectivity index (χ3n) is 4.42. The van der Waals surface area contributed by atoms with Crippen molar-refractivity contribution in [1.82, 2.24) is 19.0 Å². The van der Waals surface area contributed by atoms with Crippen LogP contribution >= 0.6 is 0 Å². The van der Waals surface area contributed by atoms with Gasteiger partial charge in [-0.3, -0.25) is 9.58 Å². The van der Waals surface area contributed by atoms with Crippen molar-refractivity contribution in [3.05, 3.63) is 18.0 Å². The summed E-state index contributed by atoms with van der Waals surface area (Å²) in [6.07, 6.45) is 3.82. The molecule has 0 spiro atoms. The molecule has 1 aromatic rings. The number of rotatable bonds is 4. The summed E-state index contributed by atoms with van der Waals surface area (Å²) in [7, 11) is -1.34. The van der Waals surface area contributed by atoms with E-state index in [1.54, 1.807) is 8.99 Å². The van der Waals surface area contributed by atoms with Gasteiger partial charge >= 0.3 is 0 Å². The first-order valence-electron chi connectivity index (χ1n) is 8.16. The van der Waals surface area contributed by atoms with E-state index in [9.17, 15) is 8.42 Å². The number of aryl methyl sites for hydroxylation is 1. The highest BCUT2D eigenvalue weighted by molar-refractivity contribution is 7.89. The Morgan fingerprint density at radius 3 is 2.83 bits per heavy atom. The van der Waals surface area contributed by atoms with E-state index >= 15 is 0 Å². The molecule has 23 heavy (non-hydrogen) atoms. The second-order valence-electron chi connectivity index (χ2n) is 6.97. The molecule has 8 heteroatoms. The van der Waals surface area contributed by atoms with Gasteiger partial charge in [0.1, 0.15) is 0 Å². The molecular weight excluding hydrogens is 316 g/mol. The maximum absolute atomic E-state index is 12.6. The molecule has 2 saturated heterocycles. The van der Waals surface area contributed by atoms with Crippen molar-refractivity contribution in [3.63, 3.8) is 0 Å². The zero-order valence-electron chi connectivity index (χ0n) is 14.1. The Hall–Kier alpha value is -0.960. The number of likely N-dealkylation sites (tertiary alicyclic amines) is 1. The Kier molecular flexibility index (Phi) is 4.78. The summed E-state index contributed by atoms with van der Waals surface area (Å²) >= 11 is 0. The average Bonchev–Trinajstić information content (AvgIpc) is 3.00. The van der Waals surface area contributed by atoms with Gasteiger partial charge in [0.2, 0.25) is 10.0 Å². The molecule has 0 amide bonds. The largest absolute Gasteiger partial charge is 0.374 e. The van der Waals surface area contributed by atoms with Gasteiger partial charge in [-0.2, -0.15) is 9.40 Å².